The number of para-hydroxylation sites is 1. The van der Waals surface area contributed by atoms with Gasteiger partial charge in [0.1, 0.15) is 0 Å². The number of nitrogens with zero attached hydrogens (tertiary/aromatic N) is 1. The maximum atomic E-state index is 12.1. The number of carbonyl (C=O) groups excluding carboxylic acids is 1. The van der Waals surface area contributed by atoms with Crippen molar-refractivity contribution < 1.29 is 9.72 Å². The summed E-state index contributed by atoms with van der Waals surface area (Å²) in [7, 11) is 0. The van der Waals surface area contributed by atoms with Crippen LogP contribution in [0.15, 0.2) is 66.7 Å². The SMILES string of the molecule is O=C(Cc1ccccc1[N+](=O)[O-])NCc1ccc2ccccc2c1. The summed E-state index contributed by atoms with van der Waals surface area (Å²) in [5.41, 5.74) is 1.38. The van der Waals surface area contributed by atoms with Crippen molar-refractivity contribution in [2.75, 3.05) is 0 Å². The number of amides is 1. The first kappa shape index (κ1) is 15.7. The lowest BCUT2D eigenvalue weighted by Gasteiger charge is -2.07. The molecule has 120 valence electrons. The van der Waals surface area contributed by atoms with E-state index in [0.717, 1.165) is 16.3 Å². The lowest BCUT2D eigenvalue weighted by Crippen LogP contribution is -2.24. The first-order valence-electron chi connectivity index (χ1n) is 7.60. The van der Waals surface area contributed by atoms with Gasteiger partial charge in [0.25, 0.3) is 5.69 Å². The van der Waals surface area contributed by atoms with Crippen LogP contribution in [0.5, 0.6) is 0 Å². The molecule has 0 aliphatic rings. The molecule has 5 heteroatoms. The Morgan fingerprint density at radius 1 is 0.958 bits per heavy atom. The fraction of sp³-hybridized carbons (Fsp3) is 0.105. The fourth-order valence-electron chi connectivity index (χ4n) is 2.62. The van der Waals surface area contributed by atoms with E-state index < -0.39 is 4.92 Å². The van der Waals surface area contributed by atoms with Gasteiger partial charge in [-0.25, -0.2) is 0 Å². The predicted octanol–water partition coefficient (Wildman–Crippen LogP) is 3.61. The molecule has 24 heavy (non-hydrogen) atoms. The number of nitro benzene ring substituents is 1. The van der Waals surface area contributed by atoms with Crippen LogP contribution in [-0.4, -0.2) is 10.8 Å². The van der Waals surface area contributed by atoms with Crippen molar-refractivity contribution in [1.29, 1.82) is 0 Å². The molecule has 3 aromatic carbocycles. The van der Waals surface area contributed by atoms with Gasteiger partial charge < -0.3 is 5.32 Å². The van der Waals surface area contributed by atoms with Crippen LogP contribution in [0.3, 0.4) is 0 Å². The molecule has 0 heterocycles. The van der Waals surface area contributed by atoms with Crippen LogP contribution in [0, 0.1) is 10.1 Å². The maximum Gasteiger partial charge on any atom is 0.273 e. The maximum absolute atomic E-state index is 12.1. The van der Waals surface area contributed by atoms with Crippen molar-refractivity contribution in [3.63, 3.8) is 0 Å². The number of hydrogen-bond donors (Lipinski definition) is 1. The van der Waals surface area contributed by atoms with Crippen LogP contribution in [0.1, 0.15) is 11.1 Å². The molecular formula is C19H16N2O3. The largest absolute Gasteiger partial charge is 0.352 e. The third-order valence-electron chi connectivity index (χ3n) is 3.84. The summed E-state index contributed by atoms with van der Waals surface area (Å²) in [6, 6.07) is 20.3. The van der Waals surface area contributed by atoms with Crippen LogP contribution in [0.4, 0.5) is 5.69 Å². The Bertz CT molecular complexity index is 906. The Kier molecular flexibility index (Phi) is 4.52. The quantitative estimate of drug-likeness (QED) is 0.576. The smallest absolute Gasteiger partial charge is 0.273 e. The molecule has 0 aliphatic heterocycles. The van der Waals surface area contributed by atoms with E-state index in [1.807, 2.05) is 42.5 Å². The second-order valence-corrected chi connectivity index (χ2v) is 5.52. The monoisotopic (exact) mass is 320 g/mol. The highest BCUT2D eigenvalue weighted by atomic mass is 16.6. The number of carbonyl (C=O) groups is 1. The lowest BCUT2D eigenvalue weighted by atomic mass is 10.1. The lowest BCUT2D eigenvalue weighted by molar-refractivity contribution is -0.385. The van der Waals surface area contributed by atoms with Crippen LogP contribution >= 0.6 is 0 Å². The van der Waals surface area contributed by atoms with Gasteiger partial charge in [0.05, 0.1) is 11.3 Å². The summed E-state index contributed by atoms with van der Waals surface area (Å²) < 4.78 is 0. The van der Waals surface area contributed by atoms with E-state index in [0.29, 0.717) is 12.1 Å². The van der Waals surface area contributed by atoms with Gasteiger partial charge >= 0.3 is 0 Å². The molecule has 0 bridgehead atoms. The second kappa shape index (κ2) is 6.91. The zero-order valence-electron chi connectivity index (χ0n) is 12.9. The number of hydrogen-bond acceptors (Lipinski definition) is 3. The van der Waals surface area contributed by atoms with Gasteiger partial charge in [0.2, 0.25) is 5.91 Å². The Hall–Kier alpha value is -3.21. The third-order valence-corrected chi connectivity index (χ3v) is 3.84. The van der Waals surface area contributed by atoms with Crippen molar-refractivity contribution in [1.82, 2.24) is 5.32 Å². The van der Waals surface area contributed by atoms with Gasteiger partial charge in [-0.3, -0.25) is 14.9 Å². The minimum Gasteiger partial charge on any atom is -0.352 e. The molecule has 0 saturated heterocycles. The van der Waals surface area contributed by atoms with Gasteiger partial charge in [-0.05, 0) is 22.4 Å². The van der Waals surface area contributed by atoms with Gasteiger partial charge in [-0.1, -0.05) is 54.6 Å². The molecule has 0 aromatic heterocycles. The Morgan fingerprint density at radius 2 is 1.67 bits per heavy atom. The van der Waals surface area contributed by atoms with Crippen molar-refractivity contribution in [3.05, 3.63) is 88.0 Å². The topological polar surface area (TPSA) is 72.2 Å². The van der Waals surface area contributed by atoms with Gasteiger partial charge in [-0.2, -0.15) is 0 Å². The standard InChI is InChI=1S/C19H16N2O3/c22-19(12-17-7-3-4-8-18(17)21(23)24)20-13-14-9-10-15-5-1-2-6-16(15)11-14/h1-11H,12-13H2,(H,20,22). The predicted molar refractivity (Wildman–Crippen MR) is 92.6 cm³/mol. The number of nitro groups is 1. The van der Waals surface area contributed by atoms with E-state index in [1.165, 1.54) is 6.07 Å². The van der Waals surface area contributed by atoms with Crippen molar-refractivity contribution >= 4 is 22.4 Å². The van der Waals surface area contributed by atoms with Crippen LogP contribution in [0.25, 0.3) is 10.8 Å². The van der Waals surface area contributed by atoms with Crippen LogP contribution in [0.2, 0.25) is 0 Å². The Morgan fingerprint density at radius 3 is 2.46 bits per heavy atom. The highest BCUT2D eigenvalue weighted by Crippen LogP contribution is 2.18. The molecule has 3 rings (SSSR count). The molecule has 3 aromatic rings. The van der Waals surface area contributed by atoms with E-state index in [1.54, 1.807) is 18.2 Å². The molecule has 0 radical (unpaired) electrons. The zero-order chi connectivity index (χ0) is 16.9. The molecule has 5 nitrogen and oxygen atoms in total. The zero-order valence-corrected chi connectivity index (χ0v) is 12.9. The highest BCUT2D eigenvalue weighted by Gasteiger charge is 2.15. The van der Waals surface area contributed by atoms with E-state index in [4.69, 9.17) is 0 Å². The first-order valence-corrected chi connectivity index (χ1v) is 7.60. The van der Waals surface area contributed by atoms with Crippen molar-refractivity contribution in [2.45, 2.75) is 13.0 Å². The first-order chi connectivity index (χ1) is 11.6. The summed E-state index contributed by atoms with van der Waals surface area (Å²) in [6.07, 6.45) is -0.00919. The molecule has 0 aliphatic carbocycles. The van der Waals surface area contributed by atoms with Gasteiger partial charge in [0.15, 0.2) is 0 Å². The average molecular weight is 320 g/mol. The van der Waals surface area contributed by atoms with Crippen molar-refractivity contribution in [3.8, 4) is 0 Å². The van der Waals surface area contributed by atoms with E-state index in [9.17, 15) is 14.9 Å². The number of rotatable bonds is 5. The van der Waals surface area contributed by atoms with Gasteiger partial charge in [-0.15, -0.1) is 0 Å². The summed E-state index contributed by atoms with van der Waals surface area (Å²) in [5.74, 6) is -0.238. The molecule has 1 N–H and O–H groups in total. The average Bonchev–Trinajstić information content (AvgIpc) is 2.60. The van der Waals surface area contributed by atoms with Crippen molar-refractivity contribution in [2.24, 2.45) is 0 Å². The minimum atomic E-state index is -0.466. The number of benzene rings is 3. The van der Waals surface area contributed by atoms with Gasteiger partial charge in [0, 0.05) is 18.2 Å². The summed E-state index contributed by atoms with van der Waals surface area (Å²) in [4.78, 5) is 22.6. The van der Waals surface area contributed by atoms with Crippen LogP contribution in [-0.2, 0) is 17.8 Å². The summed E-state index contributed by atoms with van der Waals surface area (Å²) in [6.45, 7) is 0.393. The molecular weight excluding hydrogens is 304 g/mol. The fourth-order valence-corrected chi connectivity index (χ4v) is 2.62. The molecule has 0 atom stereocenters. The van der Waals surface area contributed by atoms with Crippen LogP contribution < -0.4 is 5.32 Å². The Labute approximate surface area is 139 Å². The molecule has 1 amide bonds. The number of nitrogens with one attached hydrogen (secondary N) is 1. The Balaban J connectivity index is 1.66. The van der Waals surface area contributed by atoms with E-state index >= 15 is 0 Å². The summed E-state index contributed by atoms with van der Waals surface area (Å²) in [5, 5.41) is 16.1. The van der Waals surface area contributed by atoms with E-state index in [2.05, 4.69) is 5.32 Å². The normalized spacial score (nSPS) is 10.5. The number of fused-ring (bicyclic) bond motifs is 1. The minimum absolute atomic E-state index is 0.00919. The second-order valence-electron chi connectivity index (χ2n) is 5.52. The molecule has 0 unspecified atom stereocenters. The third kappa shape index (κ3) is 3.57. The van der Waals surface area contributed by atoms with E-state index in [-0.39, 0.29) is 18.0 Å². The molecule has 0 fully saturated rings. The highest BCUT2D eigenvalue weighted by molar-refractivity contribution is 5.83. The summed E-state index contributed by atoms with van der Waals surface area (Å²) >= 11 is 0. The molecule has 0 saturated carbocycles. The molecule has 0 spiro atoms.